The van der Waals surface area contributed by atoms with Crippen molar-refractivity contribution < 1.29 is 19.2 Å². The zero-order valence-corrected chi connectivity index (χ0v) is 16.4. The first kappa shape index (κ1) is 19.9. The Hall–Kier alpha value is -2.90. The van der Waals surface area contributed by atoms with Gasteiger partial charge in [-0.15, -0.1) is 0 Å². The second-order valence-electron chi connectivity index (χ2n) is 7.40. The Bertz CT molecular complexity index is 799. The molecule has 1 atom stereocenters. The Kier molecular flexibility index (Phi) is 5.40. The molecule has 0 radical (unpaired) electrons. The number of nitrogens with zero attached hydrogens (tertiary/aromatic N) is 2. The van der Waals surface area contributed by atoms with Crippen LogP contribution in [0.2, 0.25) is 0 Å². The number of amides is 5. The summed E-state index contributed by atoms with van der Waals surface area (Å²) < 4.78 is 0. The van der Waals surface area contributed by atoms with Gasteiger partial charge >= 0.3 is 6.03 Å². The minimum absolute atomic E-state index is 0.0680. The molecule has 2 aliphatic rings. The molecular weight excluding hydrogens is 360 g/mol. The topological polar surface area (TPSA) is 98.8 Å². The number of benzene rings is 1. The molecule has 1 aliphatic heterocycles. The molecule has 8 nitrogen and oxygen atoms in total. The molecular formula is C20H26N4O4. The van der Waals surface area contributed by atoms with E-state index in [0.717, 1.165) is 17.7 Å². The SMILES string of the molecule is CCN(CC)C(=O)c1ccc(NC(=O)CN2C(=O)NC(C)(C3CC3)C2=O)cc1. The van der Waals surface area contributed by atoms with Crippen molar-refractivity contribution >= 4 is 29.4 Å². The average Bonchev–Trinajstić information content (AvgIpc) is 3.49. The highest BCUT2D eigenvalue weighted by Gasteiger charge is 2.56. The van der Waals surface area contributed by atoms with Gasteiger partial charge in [0.15, 0.2) is 0 Å². The van der Waals surface area contributed by atoms with Crippen LogP contribution in [0, 0.1) is 5.92 Å². The Morgan fingerprint density at radius 3 is 2.32 bits per heavy atom. The summed E-state index contributed by atoms with van der Waals surface area (Å²) in [6.45, 7) is 6.46. The first-order chi connectivity index (χ1) is 13.3. The fourth-order valence-corrected chi connectivity index (χ4v) is 3.53. The third kappa shape index (κ3) is 3.72. The number of rotatable bonds is 7. The largest absolute Gasteiger partial charge is 0.339 e. The lowest BCUT2D eigenvalue weighted by Crippen LogP contribution is -2.46. The van der Waals surface area contributed by atoms with Gasteiger partial charge in [0, 0.05) is 24.3 Å². The monoisotopic (exact) mass is 386 g/mol. The van der Waals surface area contributed by atoms with Crippen LogP contribution in [0.15, 0.2) is 24.3 Å². The van der Waals surface area contributed by atoms with Crippen LogP contribution in [0.3, 0.4) is 0 Å². The predicted molar refractivity (Wildman–Crippen MR) is 104 cm³/mol. The maximum absolute atomic E-state index is 12.6. The van der Waals surface area contributed by atoms with Crippen LogP contribution < -0.4 is 10.6 Å². The quantitative estimate of drug-likeness (QED) is 0.699. The van der Waals surface area contributed by atoms with Gasteiger partial charge in [-0.2, -0.15) is 0 Å². The Morgan fingerprint density at radius 2 is 1.79 bits per heavy atom. The first-order valence-electron chi connectivity index (χ1n) is 9.63. The lowest BCUT2D eigenvalue weighted by Gasteiger charge is -2.20. The number of anilines is 1. The average molecular weight is 386 g/mol. The van der Waals surface area contributed by atoms with Gasteiger partial charge in [0.2, 0.25) is 5.91 Å². The molecule has 0 aromatic heterocycles. The van der Waals surface area contributed by atoms with Crippen LogP contribution in [-0.2, 0) is 9.59 Å². The number of carbonyl (C=O) groups excluding carboxylic acids is 4. The summed E-state index contributed by atoms with van der Waals surface area (Å²) >= 11 is 0. The van der Waals surface area contributed by atoms with Gasteiger partial charge in [0.05, 0.1) is 0 Å². The van der Waals surface area contributed by atoms with E-state index in [1.54, 1.807) is 36.1 Å². The van der Waals surface area contributed by atoms with Gasteiger partial charge in [0.1, 0.15) is 12.1 Å². The van der Waals surface area contributed by atoms with Crippen molar-refractivity contribution in [1.82, 2.24) is 15.1 Å². The summed E-state index contributed by atoms with van der Waals surface area (Å²) in [5.74, 6) is -0.740. The lowest BCUT2D eigenvalue weighted by atomic mass is 9.96. The number of imide groups is 1. The van der Waals surface area contributed by atoms with E-state index < -0.39 is 17.5 Å². The molecule has 28 heavy (non-hydrogen) atoms. The molecule has 5 amide bonds. The van der Waals surface area contributed by atoms with E-state index in [1.165, 1.54) is 0 Å². The molecule has 1 unspecified atom stereocenters. The van der Waals surface area contributed by atoms with Gasteiger partial charge in [0.25, 0.3) is 11.8 Å². The van der Waals surface area contributed by atoms with Crippen molar-refractivity contribution in [3.05, 3.63) is 29.8 Å². The summed E-state index contributed by atoms with van der Waals surface area (Å²) in [6, 6.07) is 6.03. The van der Waals surface area contributed by atoms with E-state index in [1.807, 2.05) is 13.8 Å². The molecule has 1 heterocycles. The van der Waals surface area contributed by atoms with Gasteiger partial charge in [-0.25, -0.2) is 4.79 Å². The maximum atomic E-state index is 12.6. The zero-order valence-electron chi connectivity index (χ0n) is 16.4. The van der Waals surface area contributed by atoms with E-state index in [2.05, 4.69) is 10.6 Å². The molecule has 0 bridgehead atoms. The van der Waals surface area contributed by atoms with Crippen LogP contribution in [-0.4, -0.2) is 58.7 Å². The van der Waals surface area contributed by atoms with Crippen molar-refractivity contribution in [1.29, 1.82) is 0 Å². The minimum atomic E-state index is -0.899. The molecule has 2 fully saturated rings. The predicted octanol–water partition coefficient (Wildman–Crippen LogP) is 1.83. The van der Waals surface area contributed by atoms with E-state index in [0.29, 0.717) is 24.3 Å². The van der Waals surface area contributed by atoms with E-state index >= 15 is 0 Å². The third-order valence-electron chi connectivity index (χ3n) is 5.46. The minimum Gasteiger partial charge on any atom is -0.339 e. The Labute approximate surface area is 164 Å². The number of carbonyl (C=O) groups is 4. The van der Waals surface area contributed by atoms with Gasteiger partial charge < -0.3 is 15.5 Å². The van der Waals surface area contributed by atoms with Crippen LogP contribution in [0.1, 0.15) is 44.0 Å². The highest BCUT2D eigenvalue weighted by molar-refractivity contribution is 6.10. The van der Waals surface area contributed by atoms with Crippen LogP contribution in [0.25, 0.3) is 0 Å². The standard InChI is InChI=1S/C20H26N4O4/c1-4-23(5-2)17(26)13-6-10-15(11-7-13)21-16(25)12-24-18(27)20(3,14-8-9-14)22-19(24)28/h6-7,10-11,14H,4-5,8-9,12H2,1-3H3,(H,21,25)(H,22,28). The second-order valence-corrected chi connectivity index (χ2v) is 7.40. The number of hydrogen-bond donors (Lipinski definition) is 2. The van der Waals surface area contributed by atoms with Crippen LogP contribution in [0.5, 0.6) is 0 Å². The van der Waals surface area contributed by atoms with Gasteiger partial charge in [-0.3, -0.25) is 19.3 Å². The highest BCUT2D eigenvalue weighted by Crippen LogP contribution is 2.42. The molecule has 1 aromatic rings. The van der Waals surface area contributed by atoms with Crippen molar-refractivity contribution in [2.75, 3.05) is 25.0 Å². The highest BCUT2D eigenvalue weighted by atomic mass is 16.2. The van der Waals surface area contributed by atoms with Crippen LogP contribution >= 0.6 is 0 Å². The Balaban J connectivity index is 1.60. The molecule has 1 aromatic carbocycles. The summed E-state index contributed by atoms with van der Waals surface area (Å²) in [7, 11) is 0. The van der Waals surface area contributed by atoms with Crippen LogP contribution in [0.4, 0.5) is 10.5 Å². The van der Waals surface area contributed by atoms with E-state index in [9.17, 15) is 19.2 Å². The molecule has 150 valence electrons. The summed E-state index contributed by atoms with van der Waals surface area (Å²) in [5, 5.41) is 5.39. The molecule has 8 heteroatoms. The third-order valence-corrected chi connectivity index (χ3v) is 5.46. The van der Waals surface area contributed by atoms with Crippen molar-refractivity contribution in [2.45, 2.75) is 39.2 Å². The fourth-order valence-electron chi connectivity index (χ4n) is 3.53. The fraction of sp³-hybridized carbons (Fsp3) is 0.500. The smallest absolute Gasteiger partial charge is 0.325 e. The van der Waals surface area contributed by atoms with Crippen molar-refractivity contribution in [3.8, 4) is 0 Å². The van der Waals surface area contributed by atoms with Gasteiger partial charge in [-0.1, -0.05) is 0 Å². The molecule has 3 rings (SSSR count). The number of nitrogens with one attached hydrogen (secondary N) is 2. The van der Waals surface area contributed by atoms with Crippen molar-refractivity contribution in [3.63, 3.8) is 0 Å². The number of urea groups is 1. The molecule has 0 spiro atoms. The molecule has 1 saturated heterocycles. The van der Waals surface area contributed by atoms with E-state index in [-0.39, 0.29) is 24.3 Å². The van der Waals surface area contributed by atoms with Crippen molar-refractivity contribution in [2.24, 2.45) is 5.92 Å². The molecule has 1 aliphatic carbocycles. The zero-order chi connectivity index (χ0) is 20.5. The summed E-state index contributed by atoms with van der Waals surface area (Å²) in [6.07, 6.45) is 1.81. The summed E-state index contributed by atoms with van der Waals surface area (Å²) in [5.41, 5.74) is 0.137. The lowest BCUT2D eigenvalue weighted by molar-refractivity contribution is -0.134. The Morgan fingerprint density at radius 1 is 1.18 bits per heavy atom. The summed E-state index contributed by atoms with van der Waals surface area (Å²) in [4.78, 5) is 52.0. The van der Waals surface area contributed by atoms with Gasteiger partial charge in [-0.05, 0) is 63.8 Å². The first-order valence-corrected chi connectivity index (χ1v) is 9.63. The second kappa shape index (κ2) is 7.61. The normalized spacial score (nSPS) is 21.5. The van der Waals surface area contributed by atoms with E-state index in [4.69, 9.17) is 0 Å². The molecule has 2 N–H and O–H groups in total. The number of hydrogen-bond acceptors (Lipinski definition) is 4. The maximum Gasteiger partial charge on any atom is 0.325 e. The molecule has 1 saturated carbocycles.